The van der Waals surface area contributed by atoms with Crippen molar-refractivity contribution in [1.29, 1.82) is 0 Å². The molecule has 1 aromatic carbocycles. The van der Waals surface area contributed by atoms with Gasteiger partial charge in [-0.15, -0.1) is 0 Å². The monoisotopic (exact) mass is 279 g/mol. The molecule has 0 aliphatic carbocycles. The van der Waals surface area contributed by atoms with Crippen molar-refractivity contribution in [3.8, 4) is 5.75 Å². The molecule has 3 rings (SSSR count). The minimum atomic E-state index is 0.699. The van der Waals surface area contributed by atoms with Crippen LogP contribution in [0.25, 0.3) is 10.9 Å². The molecule has 0 unspecified atom stereocenters. The van der Waals surface area contributed by atoms with Gasteiger partial charge in [0.2, 0.25) is 0 Å². The maximum absolute atomic E-state index is 6.30. The number of hydrogen-bond acceptors (Lipinski definition) is 3. The summed E-state index contributed by atoms with van der Waals surface area (Å²) in [6.07, 6.45) is 0. The molecule has 0 fully saturated rings. The Labute approximate surface area is 117 Å². The highest BCUT2D eigenvalue weighted by Crippen LogP contribution is 2.35. The van der Waals surface area contributed by atoms with E-state index in [4.69, 9.17) is 22.1 Å². The van der Waals surface area contributed by atoms with Gasteiger partial charge >= 0.3 is 0 Å². The number of nitrogens with two attached hydrogens (primary N) is 1. The van der Waals surface area contributed by atoms with E-state index in [-0.39, 0.29) is 0 Å². The van der Waals surface area contributed by atoms with Crippen molar-refractivity contribution in [2.45, 2.75) is 13.1 Å². The minimum absolute atomic E-state index is 0.699. The zero-order valence-electron chi connectivity index (χ0n) is 11.0. The molecular weight excluding hydrogens is 262 g/mol. The molecular formula is C14H18ClN3O. The van der Waals surface area contributed by atoms with Crippen molar-refractivity contribution in [2.75, 3.05) is 26.7 Å². The molecule has 4 nitrogen and oxygen atoms in total. The molecule has 2 aromatic rings. The van der Waals surface area contributed by atoms with E-state index in [1.54, 1.807) is 7.11 Å². The van der Waals surface area contributed by atoms with Gasteiger partial charge in [0, 0.05) is 43.8 Å². The summed E-state index contributed by atoms with van der Waals surface area (Å²) in [5.74, 6) is 0.887. The molecule has 5 heteroatoms. The number of halogens is 1. The summed E-state index contributed by atoms with van der Waals surface area (Å²) in [6, 6.07) is 6.00. The number of aromatic nitrogens is 1. The van der Waals surface area contributed by atoms with Gasteiger partial charge in [-0.1, -0.05) is 11.6 Å². The first-order chi connectivity index (χ1) is 9.24. The average Bonchev–Trinajstić information content (AvgIpc) is 2.79. The summed E-state index contributed by atoms with van der Waals surface area (Å²) in [6.45, 7) is 4.53. The molecule has 1 aliphatic rings. The Bertz CT molecular complexity index is 608. The second kappa shape index (κ2) is 5.04. The third kappa shape index (κ3) is 2.10. The molecule has 19 heavy (non-hydrogen) atoms. The van der Waals surface area contributed by atoms with E-state index < -0.39 is 0 Å². The van der Waals surface area contributed by atoms with Crippen LogP contribution in [-0.4, -0.2) is 36.2 Å². The predicted octanol–water partition coefficient (Wildman–Crippen LogP) is 2.08. The van der Waals surface area contributed by atoms with Crippen LogP contribution in [0.3, 0.4) is 0 Å². The van der Waals surface area contributed by atoms with Gasteiger partial charge in [-0.05, 0) is 18.2 Å². The normalized spacial score (nSPS) is 15.7. The van der Waals surface area contributed by atoms with Crippen LogP contribution in [0, 0.1) is 0 Å². The summed E-state index contributed by atoms with van der Waals surface area (Å²) in [5.41, 5.74) is 8.02. The average molecular weight is 280 g/mol. The van der Waals surface area contributed by atoms with Crippen LogP contribution < -0.4 is 10.5 Å². The maximum atomic E-state index is 6.30. The lowest BCUT2D eigenvalue weighted by Crippen LogP contribution is -2.36. The van der Waals surface area contributed by atoms with Gasteiger partial charge in [-0.2, -0.15) is 0 Å². The van der Waals surface area contributed by atoms with E-state index in [1.807, 2.05) is 12.1 Å². The Morgan fingerprint density at radius 1 is 1.37 bits per heavy atom. The van der Waals surface area contributed by atoms with Crippen LogP contribution in [0.4, 0.5) is 0 Å². The molecule has 0 saturated heterocycles. The van der Waals surface area contributed by atoms with Crippen LogP contribution in [-0.2, 0) is 13.1 Å². The third-order valence-electron chi connectivity index (χ3n) is 3.75. The lowest BCUT2D eigenvalue weighted by Gasteiger charge is -2.28. The Hall–Kier alpha value is -1.23. The first-order valence-corrected chi connectivity index (χ1v) is 6.89. The standard InChI is InChI=1S/C14H18ClN3O/c1-19-13-3-2-12(15)11-8-10-9-17(5-4-16)6-7-18(10)14(11)13/h2-3,8H,4-7,9,16H2,1H3. The summed E-state index contributed by atoms with van der Waals surface area (Å²) >= 11 is 6.30. The first kappa shape index (κ1) is 12.8. The zero-order valence-corrected chi connectivity index (χ0v) is 11.8. The minimum Gasteiger partial charge on any atom is -0.495 e. The molecule has 0 amide bonds. The summed E-state index contributed by atoms with van der Waals surface area (Å²) < 4.78 is 7.78. The fourth-order valence-electron chi connectivity index (χ4n) is 2.84. The number of methoxy groups -OCH3 is 1. The Morgan fingerprint density at radius 3 is 2.95 bits per heavy atom. The lowest BCUT2D eigenvalue weighted by molar-refractivity contribution is 0.229. The fraction of sp³-hybridized carbons (Fsp3) is 0.429. The molecule has 2 heterocycles. The second-order valence-corrected chi connectivity index (χ2v) is 5.27. The third-order valence-corrected chi connectivity index (χ3v) is 4.07. The molecule has 0 saturated carbocycles. The van der Waals surface area contributed by atoms with Gasteiger partial charge < -0.3 is 15.0 Å². The number of rotatable bonds is 3. The van der Waals surface area contributed by atoms with Gasteiger partial charge in [0.25, 0.3) is 0 Å². The smallest absolute Gasteiger partial charge is 0.143 e. The van der Waals surface area contributed by atoms with E-state index in [9.17, 15) is 0 Å². The summed E-state index contributed by atoms with van der Waals surface area (Å²) in [5, 5.41) is 1.86. The maximum Gasteiger partial charge on any atom is 0.143 e. The highest BCUT2D eigenvalue weighted by Gasteiger charge is 2.21. The zero-order chi connectivity index (χ0) is 13.4. The highest BCUT2D eigenvalue weighted by molar-refractivity contribution is 6.35. The predicted molar refractivity (Wildman–Crippen MR) is 77.8 cm³/mol. The quantitative estimate of drug-likeness (QED) is 0.935. The van der Waals surface area contributed by atoms with E-state index >= 15 is 0 Å². The topological polar surface area (TPSA) is 43.4 Å². The van der Waals surface area contributed by atoms with Crippen molar-refractivity contribution in [3.63, 3.8) is 0 Å². The van der Waals surface area contributed by atoms with Crippen LogP contribution in [0.1, 0.15) is 5.69 Å². The van der Waals surface area contributed by atoms with E-state index in [1.165, 1.54) is 5.69 Å². The first-order valence-electron chi connectivity index (χ1n) is 6.51. The number of nitrogens with zero attached hydrogens (tertiary/aromatic N) is 2. The van der Waals surface area contributed by atoms with Gasteiger partial charge in [0.1, 0.15) is 5.75 Å². The van der Waals surface area contributed by atoms with E-state index in [0.717, 1.165) is 47.9 Å². The summed E-state index contributed by atoms with van der Waals surface area (Å²) in [7, 11) is 1.70. The van der Waals surface area contributed by atoms with Crippen molar-refractivity contribution in [2.24, 2.45) is 5.73 Å². The Morgan fingerprint density at radius 2 is 2.21 bits per heavy atom. The van der Waals surface area contributed by atoms with E-state index in [0.29, 0.717) is 6.54 Å². The molecule has 1 aromatic heterocycles. The molecule has 0 spiro atoms. The highest BCUT2D eigenvalue weighted by atomic mass is 35.5. The van der Waals surface area contributed by atoms with Crippen LogP contribution in [0.5, 0.6) is 5.75 Å². The Balaban J connectivity index is 2.11. The van der Waals surface area contributed by atoms with Gasteiger partial charge in [0.05, 0.1) is 17.6 Å². The van der Waals surface area contributed by atoms with Gasteiger partial charge in [-0.25, -0.2) is 0 Å². The van der Waals surface area contributed by atoms with Crippen molar-refractivity contribution < 1.29 is 4.74 Å². The van der Waals surface area contributed by atoms with Crippen molar-refractivity contribution in [3.05, 3.63) is 28.9 Å². The van der Waals surface area contributed by atoms with Crippen LogP contribution in [0.2, 0.25) is 5.02 Å². The Kier molecular flexibility index (Phi) is 3.39. The summed E-state index contributed by atoms with van der Waals surface area (Å²) in [4.78, 5) is 2.37. The van der Waals surface area contributed by atoms with Crippen molar-refractivity contribution >= 4 is 22.5 Å². The fourth-order valence-corrected chi connectivity index (χ4v) is 3.05. The molecule has 102 valence electrons. The van der Waals surface area contributed by atoms with Crippen molar-refractivity contribution in [1.82, 2.24) is 9.47 Å². The lowest BCUT2D eigenvalue weighted by atomic mass is 10.2. The van der Waals surface area contributed by atoms with Crippen LogP contribution in [0.15, 0.2) is 18.2 Å². The molecule has 0 bridgehead atoms. The SMILES string of the molecule is COc1ccc(Cl)c2cc3n(c12)CCN(CCN)C3. The van der Waals surface area contributed by atoms with Gasteiger partial charge in [0.15, 0.2) is 0 Å². The number of benzene rings is 1. The molecule has 2 N–H and O–H groups in total. The molecule has 0 atom stereocenters. The number of hydrogen-bond donors (Lipinski definition) is 1. The van der Waals surface area contributed by atoms with E-state index in [2.05, 4.69) is 15.5 Å². The largest absolute Gasteiger partial charge is 0.495 e. The number of ether oxygens (including phenoxy) is 1. The molecule has 0 radical (unpaired) electrons. The molecule has 1 aliphatic heterocycles. The number of fused-ring (bicyclic) bond motifs is 3. The van der Waals surface area contributed by atoms with Gasteiger partial charge in [-0.3, -0.25) is 4.90 Å². The second-order valence-electron chi connectivity index (χ2n) is 4.86. The van der Waals surface area contributed by atoms with Crippen LogP contribution >= 0.6 is 11.6 Å².